The van der Waals surface area contributed by atoms with Gasteiger partial charge in [0.05, 0.1) is 5.69 Å². The second-order valence-corrected chi connectivity index (χ2v) is 6.89. The summed E-state index contributed by atoms with van der Waals surface area (Å²) in [5.41, 5.74) is 2.24. The predicted molar refractivity (Wildman–Crippen MR) is 107 cm³/mol. The minimum Gasteiger partial charge on any atom is -0.356 e. The third-order valence-corrected chi connectivity index (χ3v) is 5.00. The molecule has 0 radical (unpaired) electrons. The van der Waals surface area contributed by atoms with Gasteiger partial charge < -0.3 is 10.2 Å². The predicted octanol–water partition coefficient (Wildman–Crippen LogP) is 4.14. The van der Waals surface area contributed by atoms with Crippen molar-refractivity contribution in [1.29, 1.82) is 0 Å². The van der Waals surface area contributed by atoms with Crippen molar-refractivity contribution in [3.63, 3.8) is 0 Å². The van der Waals surface area contributed by atoms with E-state index in [2.05, 4.69) is 20.2 Å². The zero-order valence-electron chi connectivity index (χ0n) is 15.4. The van der Waals surface area contributed by atoms with Crippen LogP contribution in [0.15, 0.2) is 67.0 Å². The van der Waals surface area contributed by atoms with Crippen molar-refractivity contribution in [3.05, 3.63) is 72.8 Å². The molecule has 1 aromatic heterocycles. The van der Waals surface area contributed by atoms with Crippen LogP contribution >= 0.6 is 0 Å². The lowest BCUT2D eigenvalue weighted by Gasteiger charge is -2.32. The second kappa shape index (κ2) is 8.17. The van der Waals surface area contributed by atoms with E-state index >= 15 is 0 Å². The Labute approximate surface area is 163 Å². The number of nitrogens with one attached hydrogen (secondary N) is 1. The number of rotatable bonds is 4. The number of para-hydroxylation sites is 1. The van der Waals surface area contributed by atoms with Gasteiger partial charge in [-0.3, -0.25) is 4.79 Å². The molecule has 6 heteroatoms. The van der Waals surface area contributed by atoms with E-state index in [1.165, 1.54) is 18.5 Å². The van der Waals surface area contributed by atoms with E-state index in [1.54, 1.807) is 6.07 Å². The third-order valence-electron chi connectivity index (χ3n) is 5.00. The number of hydrogen-bond acceptors (Lipinski definition) is 4. The minimum absolute atomic E-state index is 0.0130. The highest BCUT2D eigenvalue weighted by Crippen LogP contribution is 2.26. The highest BCUT2D eigenvalue weighted by molar-refractivity contribution is 5.92. The first-order chi connectivity index (χ1) is 13.7. The maximum atomic E-state index is 13.5. The van der Waals surface area contributed by atoms with E-state index in [4.69, 9.17) is 0 Å². The lowest BCUT2D eigenvalue weighted by atomic mass is 9.95. The molecule has 0 bridgehead atoms. The van der Waals surface area contributed by atoms with Gasteiger partial charge in [-0.25, -0.2) is 14.4 Å². The summed E-state index contributed by atoms with van der Waals surface area (Å²) in [5, 5.41) is 2.98. The molecule has 0 aliphatic carbocycles. The Morgan fingerprint density at radius 1 is 1.00 bits per heavy atom. The van der Waals surface area contributed by atoms with Crippen LogP contribution in [0.3, 0.4) is 0 Å². The largest absolute Gasteiger partial charge is 0.356 e. The fourth-order valence-electron chi connectivity index (χ4n) is 3.46. The van der Waals surface area contributed by atoms with Crippen molar-refractivity contribution in [1.82, 2.24) is 9.97 Å². The first kappa shape index (κ1) is 18.1. The number of carbonyl (C=O) groups excluding carboxylic acids is 1. The van der Waals surface area contributed by atoms with Crippen LogP contribution in [0, 0.1) is 11.7 Å². The van der Waals surface area contributed by atoms with Gasteiger partial charge in [-0.1, -0.05) is 30.3 Å². The molecule has 142 valence electrons. The topological polar surface area (TPSA) is 58.1 Å². The molecule has 5 nitrogen and oxygen atoms in total. The van der Waals surface area contributed by atoms with Crippen LogP contribution < -0.4 is 10.2 Å². The Hall–Kier alpha value is -3.28. The van der Waals surface area contributed by atoms with E-state index in [0.717, 1.165) is 43.0 Å². The number of benzene rings is 2. The van der Waals surface area contributed by atoms with E-state index in [1.807, 2.05) is 42.5 Å². The molecular weight excluding hydrogens is 355 g/mol. The Balaban J connectivity index is 1.40. The molecule has 0 saturated carbocycles. The van der Waals surface area contributed by atoms with Gasteiger partial charge in [0.15, 0.2) is 0 Å². The normalized spacial score (nSPS) is 14.7. The quantitative estimate of drug-likeness (QED) is 0.744. The summed E-state index contributed by atoms with van der Waals surface area (Å²) in [6.45, 7) is 1.49. The molecule has 1 N–H and O–H groups in total. The van der Waals surface area contributed by atoms with Gasteiger partial charge >= 0.3 is 0 Å². The number of aromatic nitrogens is 2. The van der Waals surface area contributed by atoms with E-state index in [0.29, 0.717) is 5.69 Å². The van der Waals surface area contributed by atoms with Crippen LogP contribution in [0.1, 0.15) is 12.8 Å². The molecule has 3 aromatic rings. The number of hydrogen-bond donors (Lipinski definition) is 1. The Kier molecular flexibility index (Phi) is 5.28. The molecular formula is C22H21FN4O. The lowest BCUT2D eigenvalue weighted by molar-refractivity contribution is -0.120. The summed E-state index contributed by atoms with van der Waals surface area (Å²) in [6, 6.07) is 17.8. The van der Waals surface area contributed by atoms with Crippen molar-refractivity contribution < 1.29 is 9.18 Å². The maximum Gasteiger partial charge on any atom is 0.227 e. The average Bonchev–Trinajstić information content (AvgIpc) is 2.75. The number of anilines is 2. The number of halogens is 1. The van der Waals surface area contributed by atoms with Crippen molar-refractivity contribution in [2.24, 2.45) is 5.92 Å². The van der Waals surface area contributed by atoms with Crippen molar-refractivity contribution in [2.75, 3.05) is 23.3 Å². The summed E-state index contributed by atoms with van der Waals surface area (Å²) in [6.07, 6.45) is 3.03. The monoisotopic (exact) mass is 376 g/mol. The first-order valence-corrected chi connectivity index (χ1v) is 9.38. The summed E-state index contributed by atoms with van der Waals surface area (Å²) < 4.78 is 13.5. The van der Waals surface area contributed by atoms with Gasteiger partial charge in [0, 0.05) is 36.3 Å². The third kappa shape index (κ3) is 4.17. The van der Waals surface area contributed by atoms with Gasteiger partial charge in [-0.15, -0.1) is 0 Å². The SMILES string of the molecule is O=C(Nc1ccccc1)C1CCN(c2cc(-c3cccc(F)c3)ncn2)CC1. The molecule has 0 atom stereocenters. The number of carbonyl (C=O) groups is 1. The van der Waals surface area contributed by atoms with Gasteiger partial charge in [0.1, 0.15) is 18.0 Å². The van der Waals surface area contributed by atoms with Crippen LogP contribution in [-0.2, 0) is 4.79 Å². The molecule has 4 rings (SSSR count). The van der Waals surface area contributed by atoms with Crippen LogP contribution in [-0.4, -0.2) is 29.0 Å². The maximum absolute atomic E-state index is 13.5. The Morgan fingerprint density at radius 2 is 1.79 bits per heavy atom. The van der Waals surface area contributed by atoms with Gasteiger partial charge in [-0.2, -0.15) is 0 Å². The zero-order chi connectivity index (χ0) is 19.3. The van der Waals surface area contributed by atoms with Crippen LogP contribution in [0.4, 0.5) is 15.9 Å². The van der Waals surface area contributed by atoms with Crippen LogP contribution in [0.2, 0.25) is 0 Å². The fourth-order valence-corrected chi connectivity index (χ4v) is 3.46. The van der Waals surface area contributed by atoms with E-state index in [-0.39, 0.29) is 17.6 Å². The van der Waals surface area contributed by atoms with Crippen molar-refractivity contribution in [2.45, 2.75) is 12.8 Å². The van der Waals surface area contributed by atoms with Crippen LogP contribution in [0.25, 0.3) is 11.3 Å². The zero-order valence-corrected chi connectivity index (χ0v) is 15.4. The lowest BCUT2D eigenvalue weighted by Crippen LogP contribution is -2.38. The standard InChI is InChI=1S/C22H21FN4O/c23-18-6-4-5-17(13-18)20-14-21(25-15-24-20)27-11-9-16(10-12-27)22(28)26-19-7-2-1-3-8-19/h1-8,13-16H,9-12H2,(H,26,28). The molecule has 1 aliphatic heterocycles. The molecule has 1 amide bonds. The van der Waals surface area contributed by atoms with Gasteiger partial charge in [0.2, 0.25) is 5.91 Å². The molecule has 2 heterocycles. The molecule has 2 aromatic carbocycles. The summed E-state index contributed by atoms with van der Waals surface area (Å²) in [4.78, 5) is 23.3. The second-order valence-electron chi connectivity index (χ2n) is 6.89. The molecule has 1 fully saturated rings. The minimum atomic E-state index is -0.289. The Bertz CT molecular complexity index is 956. The van der Waals surface area contributed by atoms with Gasteiger partial charge in [0.25, 0.3) is 0 Å². The molecule has 1 saturated heterocycles. The Morgan fingerprint density at radius 3 is 2.54 bits per heavy atom. The first-order valence-electron chi connectivity index (χ1n) is 9.38. The van der Waals surface area contributed by atoms with Crippen molar-refractivity contribution in [3.8, 4) is 11.3 Å². The van der Waals surface area contributed by atoms with Crippen molar-refractivity contribution >= 4 is 17.4 Å². The molecule has 0 unspecified atom stereocenters. The molecule has 1 aliphatic rings. The number of nitrogens with zero attached hydrogens (tertiary/aromatic N) is 3. The number of piperidine rings is 1. The van der Waals surface area contributed by atoms with E-state index < -0.39 is 0 Å². The summed E-state index contributed by atoms with van der Waals surface area (Å²) >= 11 is 0. The van der Waals surface area contributed by atoms with Gasteiger partial charge in [-0.05, 0) is 37.1 Å². The summed E-state index contributed by atoms with van der Waals surface area (Å²) in [5.74, 6) is 0.564. The highest BCUT2D eigenvalue weighted by Gasteiger charge is 2.26. The van der Waals surface area contributed by atoms with E-state index in [9.17, 15) is 9.18 Å². The number of amides is 1. The molecule has 28 heavy (non-hydrogen) atoms. The fraction of sp³-hybridized carbons (Fsp3) is 0.227. The molecule has 0 spiro atoms. The van der Waals surface area contributed by atoms with Crippen LogP contribution in [0.5, 0.6) is 0 Å². The smallest absolute Gasteiger partial charge is 0.227 e. The highest BCUT2D eigenvalue weighted by atomic mass is 19.1. The average molecular weight is 376 g/mol. The summed E-state index contributed by atoms with van der Waals surface area (Å²) in [7, 11) is 0.